The number of H-pyrrole nitrogens is 1. The zero-order valence-electron chi connectivity index (χ0n) is 14.1. The van der Waals surface area contributed by atoms with Crippen molar-refractivity contribution in [1.29, 1.82) is 0 Å². The highest BCUT2D eigenvalue weighted by Crippen LogP contribution is 2.19. The van der Waals surface area contributed by atoms with E-state index >= 15 is 0 Å². The van der Waals surface area contributed by atoms with Gasteiger partial charge in [0.1, 0.15) is 5.82 Å². The first-order valence-corrected chi connectivity index (χ1v) is 8.82. The fourth-order valence-electron chi connectivity index (χ4n) is 3.51. The van der Waals surface area contributed by atoms with E-state index in [4.69, 9.17) is 0 Å². The van der Waals surface area contributed by atoms with E-state index in [9.17, 15) is 9.18 Å². The van der Waals surface area contributed by atoms with Crippen LogP contribution < -0.4 is 5.56 Å². The van der Waals surface area contributed by atoms with Crippen molar-refractivity contribution in [3.63, 3.8) is 0 Å². The average Bonchev–Trinajstić information content (AvgIpc) is 2.65. The third-order valence-corrected chi connectivity index (χ3v) is 4.90. The molecule has 0 saturated carbocycles. The van der Waals surface area contributed by atoms with Crippen molar-refractivity contribution in [2.45, 2.75) is 38.8 Å². The Hall–Kier alpha value is -2.34. The number of nitrogens with one attached hydrogen (secondary N) is 1. The van der Waals surface area contributed by atoms with Crippen LogP contribution in [0.25, 0.3) is 0 Å². The van der Waals surface area contributed by atoms with Crippen LogP contribution in [0.3, 0.4) is 0 Å². The van der Waals surface area contributed by atoms with Gasteiger partial charge in [-0.05, 0) is 25.3 Å². The molecule has 0 amide bonds. The highest BCUT2D eigenvalue weighted by molar-refractivity contribution is 5.97. The molecule has 4 rings (SSSR count). The summed E-state index contributed by atoms with van der Waals surface area (Å²) in [5.41, 5.74) is 3.04. The molecule has 1 N–H and O–H groups in total. The van der Waals surface area contributed by atoms with Crippen molar-refractivity contribution in [2.24, 2.45) is 4.99 Å². The smallest absolute Gasteiger partial charge is 0.255 e. The van der Waals surface area contributed by atoms with Gasteiger partial charge in [0.2, 0.25) is 0 Å². The molecule has 0 bridgehead atoms. The molecule has 1 aromatic heterocycles. The Labute approximate surface area is 145 Å². The van der Waals surface area contributed by atoms with Gasteiger partial charge in [0.15, 0.2) is 5.82 Å². The van der Waals surface area contributed by atoms with Crippen LogP contribution in [0.5, 0.6) is 0 Å². The van der Waals surface area contributed by atoms with Crippen LogP contribution in [0.1, 0.15) is 41.9 Å². The van der Waals surface area contributed by atoms with Crippen LogP contribution >= 0.6 is 0 Å². The summed E-state index contributed by atoms with van der Waals surface area (Å²) >= 11 is 0. The molecule has 0 radical (unpaired) electrons. The van der Waals surface area contributed by atoms with E-state index in [0.29, 0.717) is 36.5 Å². The van der Waals surface area contributed by atoms with Crippen molar-refractivity contribution in [2.75, 3.05) is 13.1 Å². The molecule has 2 aromatic rings. The maximum absolute atomic E-state index is 13.9. The Morgan fingerprint density at radius 2 is 2.08 bits per heavy atom. The summed E-state index contributed by atoms with van der Waals surface area (Å²) < 4.78 is 13.9. The first-order valence-electron chi connectivity index (χ1n) is 8.82. The molecule has 25 heavy (non-hydrogen) atoms. The topological polar surface area (TPSA) is 61.4 Å². The SMILES string of the molecule is O=c1[nH]c(C2=NCCCC2)nc2c1CN(Cc1ccccc1F)CC2. The summed E-state index contributed by atoms with van der Waals surface area (Å²) in [5, 5.41) is 0. The number of aromatic amines is 1. The van der Waals surface area contributed by atoms with E-state index < -0.39 is 0 Å². The number of fused-ring (bicyclic) bond motifs is 1. The maximum Gasteiger partial charge on any atom is 0.255 e. The molecule has 0 unspecified atom stereocenters. The van der Waals surface area contributed by atoms with E-state index in [-0.39, 0.29) is 11.4 Å². The molecule has 6 heteroatoms. The number of hydrogen-bond donors (Lipinski definition) is 1. The number of hydrogen-bond acceptors (Lipinski definition) is 4. The molecule has 130 valence electrons. The minimum absolute atomic E-state index is 0.0912. The van der Waals surface area contributed by atoms with Crippen LogP contribution in [0.2, 0.25) is 0 Å². The molecule has 0 fully saturated rings. The first kappa shape index (κ1) is 16.1. The standard InChI is InChI=1S/C19H21FN4O/c20-15-6-2-1-5-13(15)11-24-10-8-16-14(12-24)19(25)23-18(22-16)17-7-3-4-9-21-17/h1-2,5-6H,3-4,7-12H2,(H,22,23,25). The largest absolute Gasteiger partial charge is 0.305 e. The van der Waals surface area contributed by atoms with Crippen molar-refractivity contribution in [3.05, 3.63) is 63.1 Å². The third kappa shape index (κ3) is 3.39. The fourth-order valence-corrected chi connectivity index (χ4v) is 3.51. The average molecular weight is 340 g/mol. The number of aliphatic imine (C=N–C) groups is 1. The molecule has 2 aliphatic heterocycles. The summed E-state index contributed by atoms with van der Waals surface area (Å²) in [6.07, 6.45) is 3.77. The number of benzene rings is 1. The molecule has 2 aliphatic rings. The molecule has 0 saturated heterocycles. The zero-order chi connectivity index (χ0) is 17.2. The molecular weight excluding hydrogens is 319 g/mol. The van der Waals surface area contributed by atoms with Gasteiger partial charge in [-0.2, -0.15) is 0 Å². The molecule has 5 nitrogen and oxygen atoms in total. The van der Waals surface area contributed by atoms with Crippen molar-refractivity contribution >= 4 is 5.71 Å². The van der Waals surface area contributed by atoms with Crippen LogP contribution in [-0.2, 0) is 19.5 Å². The van der Waals surface area contributed by atoms with Gasteiger partial charge in [-0.15, -0.1) is 0 Å². The number of halogens is 1. The van der Waals surface area contributed by atoms with Gasteiger partial charge in [0.05, 0.1) is 17.0 Å². The van der Waals surface area contributed by atoms with E-state index in [1.165, 1.54) is 6.07 Å². The summed E-state index contributed by atoms with van der Waals surface area (Å²) in [4.78, 5) is 26.7. The Bertz CT molecular complexity index is 874. The summed E-state index contributed by atoms with van der Waals surface area (Å²) in [6.45, 7) is 2.58. The normalized spacial score (nSPS) is 17.9. The highest BCUT2D eigenvalue weighted by atomic mass is 19.1. The van der Waals surface area contributed by atoms with E-state index in [0.717, 1.165) is 43.8 Å². The quantitative estimate of drug-likeness (QED) is 0.933. The van der Waals surface area contributed by atoms with Crippen LogP contribution in [-0.4, -0.2) is 33.7 Å². The van der Waals surface area contributed by atoms with Crippen molar-refractivity contribution in [1.82, 2.24) is 14.9 Å². The van der Waals surface area contributed by atoms with E-state index in [1.807, 2.05) is 6.07 Å². The minimum atomic E-state index is -0.203. The lowest BCUT2D eigenvalue weighted by Gasteiger charge is -2.28. The van der Waals surface area contributed by atoms with Crippen LogP contribution in [0.15, 0.2) is 34.1 Å². The predicted octanol–water partition coefficient (Wildman–Crippen LogP) is 2.44. The second-order valence-electron chi connectivity index (χ2n) is 6.68. The monoisotopic (exact) mass is 340 g/mol. The Balaban J connectivity index is 1.56. The molecule has 1 aromatic carbocycles. The number of nitrogens with zero attached hydrogens (tertiary/aromatic N) is 3. The second kappa shape index (κ2) is 6.88. The Morgan fingerprint density at radius 1 is 1.20 bits per heavy atom. The second-order valence-corrected chi connectivity index (χ2v) is 6.68. The van der Waals surface area contributed by atoms with E-state index in [2.05, 4.69) is 19.9 Å². The summed E-state index contributed by atoms with van der Waals surface area (Å²) in [5.74, 6) is 0.428. The van der Waals surface area contributed by atoms with E-state index in [1.54, 1.807) is 12.1 Å². The highest BCUT2D eigenvalue weighted by Gasteiger charge is 2.23. The number of rotatable bonds is 3. The lowest BCUT2D eigenvalue weighted by molar-refractivity contribution is 0.238. The van der Waals surface area contributed by atoms with Crippen molar-refractivity contribution < 1.29 is 4.39 Å². The van der Waals surface area contributed by atoms with Gasteiger partial charge in [-0.3, -0.25) is 14.7 Å². The maximum atomic E-state index is 13.9. The number of aromatic nitrogens is 2. The fraction of sp³-hybridized carbons (Fsp3) is 0.421. The lowest BCUT2D eigenvalue weighted by Crippen LogP contribution is -2.36. The van der Waals surface area contributed by atoms with Crippen LogP contribution in [0.4, 0.5) is 4.39 Å². The third-order valence-electron chi connectivity index (χ3n) is 4.90. The lowest BCUT2D eigenvalue weighted by atomic mass is 10.0. The summed E-state index contributed by atoms with van der Waals surface area (Å²) in [7, 11) is 0. The van der Waals surface area contributed by atoms with Gasteiger partial charge in [-0.25, -0.2) is 9.37 Å². The van der Waals surface area contributed by atoms with Gasteiger partial charge in [0.25, 0.3) is 5.56 Å². The van der Waals surface area contributed by atoms with Crippen molar-refractivity contribution in [3.8, 4) is 0 Å². The molecule has 0 atom stereocenters. The van der Waals surface area contributed by atoms with Gasteiger partial charge < -0.3 is 4.98 Å². The zero-order valence-corrected chi connectivity index (χ0v) is 14.1. The van der Waals surface area contributed by atoms with Gasteiger partial charge in [-0.1, -0.05) is 18.2 Å². The molecule has 0 aliphatic carbocycles. The molecule has 3 heterocycles. The molecule has 0 spiro atoms. The van der Waals surface area contributed by atoms with Crippen LogP contribution in [0, 0.1) is 5.82 Å². The first-order chi connectivity index (χ1) is 12.2. The molecular formula is C19H21FN4O. The summed E-state index contributed by atoms with van der Waals surface area (Å²) in [6, 6.07) is 6.78. The predicted molar refractivity (Wildman–Crippen MR) is 94.3 cm³/mol. The van der Waals surface area contributed by atoms with Gasteiger partial charge >= 0.3 is 0 Å². The Kier molecular flexibility index (Phi) is 4.44. The van der Waals surface area contributed by atoms with Gasteiger partial charge in [0, 0.05) is 38.2 Å². The minimum Gasteiger partial charge on any atom is -0.305 e. The Morgan fingerprint density at radius 3 is 2.88 bits per heavy atom.